The number of imidazole rings is 1. The van der Waals surface area contributed by atoms with Crippen LogP contribution in [-0.2, 0) is 13.1 Å². The lowest BCUT2D eigenvalue weighted by atomic mass is 9.88. The second kappa shape index (κ2) is 6.13. The lowest BCUT2D eigenvalue weighted by Gasteiger charge is -2.28. The Morgan fingerprint density at radius 2 is 1.91 bits per heavy atom. The Labute approximate surface area is 138 Å². The lowest BCUT2D eigenvalue weighted by Crippen LogP contribution is -2.37. The molecule has 2 rings (SSSR count). The van der Waals surface area contributed by atoms with E-state index in [1.165, 1.54) is 5.56 Å². The predicted octanol–water partition coefficient (Wildman–Crippen LogP) is 2.91. The Morgan fingerprint density at radius 1 is 1.26 bits per heavy atom. The van der Waals surface area contributed by atoms with Gasteiger partial charge in [-0.15, -0.1) is 0 Å². The summed E-state index contributed by atoms with van der Waals surface area (Å²) in [6, 6.07) is 6.60. The molecule has 5 heteroatoms. The molecule has 0 radical (unpaired) electrons. The predicted molar refractivity (Wildman–Crippen MR) is 96.2 cm³/mol. The van der Waals surface area contributed by atoms with E-state index in [-0.39, 0.29) is 5.41 Å². The van der Waals surface area contributed by atoms with E-state index in [0.717, 1.165) is 17.6 Å². The van der Waals surface area contributed by atoms with Gasteiger partial charge in [-0.05, 0) is 43.9 Å². The highest BCUT2D eigenvalue weighted by atomic mass is 16.3. The van der Waals surface area contributed by atoms with E-state index >= 15 is 0 Å². The van der Waals surface area contributed by atoms with E-state index < -0.39 is 5.60 Å². The average Bonchev–Trinajstić information content (AvgIpc) is 2.69. The van der Waals surface area contributed by atoms with Crippen LogP contribution in [0.25, 0.3) is 11.0 Å². The van der Waals surface area contributed by atoms with Crippen molar-refractivity contribution in [3.63, 3.8) is 0 Å². The van der Waals surface area contributed by atoms with Gasteiger partial charge in [0.15, 0.2) is 0 Å². The average molecular weight is 318 g/mol. The van der Waals surface area contributed by atoms with Gasteiger partial charge in [-0.2, -0.15) is 0 Å². The first-order valence-electron chi connectivity index (χ1n) is 8.18. The van der Waals surface area contributed by atoms with E-state index in [2.05, 4.69) is 50.1 Å². The molecule has 23 heavy (non-hydrogen) atoms. The number of rotatable bonds is 5. The molecule has 0 spiro atoms. The fourth-order valence-corrected chi connectivity index (χ4v) is 2.43. The van der Waals surface area contributed by atoms with E-state index in [9.17, 15) is 5.11 Å². The zero-order valence-corrected chi connectivity index (χ0v) is 15.1. The van der Waals surface area contributed by atoms with Gasteiger partial charge < -0.3 is 20.7 Å². The molecular weight excluding hydrogens is 288 g/mol. The summed E-state index contributed by atoms with van der Waals surface area (Å²) in [4.78, 5) is 4.44. The number of nitrogens with zero attached hydrogens (tertiary/aromatic N) is 2. The van der Waals surface area contributed by atoms with Crippen molar-refractivity contribution >= 4 is 17.0 Å². The minimum absolute atomic E-state index is 0.225. The van der Waals surface area contributed by atoms with Crippen molar-refractivity contribution in [2.45, 2.75) is 66.3 Å². The van der Waals surface area contributed by atoms with Crippen molar-refractivity contribution in [1.29, 1.82) is 0 Å². The molecule has 128 valence electrons. The number of anilines is 1. The van der Waals surface area contributed by atoms with Crippen molar-refractivity contribution in [2.75, 3.05) is 5.73 Å². The first-order valence-corrected chi connectivity index (χ1v) is 8.18. The van der Waals surface area contributed by atoms with E-state index in [1.807, 2.05) is 10.6 Å². The molecule has 0 aliphatic rings. The number of aliphatic hydroxyl groups is 1. The van der Waals surface area contributed by atoms with E-state index in [1.54, 1.807) is 13.8 Å². The maximum Gasteiger partial charge on any atom is 0.201 e. The number of nitrogens with two attached hydrogens (primary N) is 1. The second-order valence-corrected chi connectivity index (χ2v) is 8.16. The highest BCUT2D eigenvalue weighted by Gasteiger charge is 2.20. The Hall–Kier alpha value is -1.59. The fourth-order valence-electron chi connectivity index (χ4n) is 2.43. The van der Waals surface area contributed by atoms with Crippen molar-refractivity contribution in [3.05, 3.63) is 23.8 Å². The van der Waals surface area contributed by atoms with Crippen molar-refractivity contribution < 1.29 is 5.11 Å². The van der Waals surface area contributed by atoms with Crippen LogP contribution in [-0.4, -0.2) is 26.3 Å². The SMILES string of the molecule is CC(NCc1ccc2c(c1)nc(N)n2CC(C)(C)O)C(C)(C)C. The number of nitrogens with one attached hydrogen (secondary N) is 1. The van der Waals surface area contributed by atoms with Crippen LogP contribution in [0.1, 0.15) is 47.1 Å². The standard InChI is InChI=1S/C18H30N4O/c1-12(17(2,3)4)20-10-13-7-8-15-14(9-13)21-16(19)22(15)11-18(5,6)23/h7-9,12,20,23H,10-11H2,1-6H3,(H2,19,21). The molecule has 0 bridgehead atoms. The minimum atomic E-state index is -0.829. The number of hydrogen-bond donors (Lipinski definition) is 3. The van der Waals surface area contributed by atoms with Crippen LogP contribution in [0.4, 0.5) is 5.95 Å². The molecule has 1 heterocycles. The monoisotopic (exact) mass is 318 g/mol. The lowest BCUT2D eigenvalue weighted by molar-refractivity contribution is 0.0633. The highest BCUT2D eigenvalue weighted by Crippen LogP contribution is 2.23. The summed E-state index contributed by atoms with van der Waals surface area (Å²) in [7, 11) is 0. The topological polar surface area (TPSA) is 76.1 Å². The van der Waals surface area contributed by atoms with Crippen LogP contribution in [0.3, 0.4) is 0 Å². The van der Waals surface area contributed by atoms with Crippen LogP contribution in [0, 0.1) is 5.41 Å². The molecule has 0 aliphatic heterocycles. The summed E-state index contributed by atoms with van der Waals surface area (Å²) in [5, 5.41) is 13.6. The first-order chi connectivity index (χ1) is 10.5. The molecule has 1 unspecified atom stereocenters. The Morgan fingerprint density at radius 3 is 2.48 bits per heavy atom. The number of fused-ring (bicyclic) bond motifs is 1. The summed E-state index contributed by atoms with van der Waals surface area (Å²) in [5.41, 5.74) is 8.42. The third-order valence-electron chi connectivity index (χ3n) is 4.30. The van der Waals surface area contributed by atoms with Crippen LogP contribution in [0.2, 0.25) is 0 Å². The maximum absolute atomic E-state index is 10.0. The summed E-state index contributed by atoms with van der Waals surface area (Å²) in [6.45, 7) is 13.6. The molecule has 1 aromatic heterocycles. The number of nitrogen functional groups attached to an aromatic ring is 1. The zero-order chi connectivity index (χ0) is 17.4. The molecule has 5 nitrogen and oxygen atoms in total. The van der Waals surface area contributed by atoms with Crippen molar-refractivity contribution in [3.8, 4) is 0 Å². The largest absolute Gasteiger partial charge is 0.389 e. The summed E-state index contributed by atoms with van der Waals surface area (Å²) in [6.07, 6.45) is 0. The summed E-state index contributed by atoms with van der Waals surface area (Å²) < 4.78 is 1.87. The zero-order valence-electron chi connectivity index (χ0n) is 15.1. The van der Waals surface area contributed by atoms with Gasteiger partial charge >= 0.3 is 0 Å². The Kier molecular flexibility index (Phi) is 4.74. The number of hydrogen-bond acceptors (Lipinski definition) is 4. The van der Waals surface area contributed by atoms with Gasteiger partial charge in [-0.1, -0.05) is 26.8 Å². The normalized spacial score (nSPS) is 14.4. The van der Waals surface area contributed by atoms with Crippen LogP contribution in [0.15, 0.2) is 18.2 Å². The molecule has 1 aromatic carbocycles. The molecule has 0 saturated carbocycles. The van der Waals surface area contributed by atoms with Gasteiger partial charge in [0, 0.05) is 12.6 Å². The third-order valence-corrected chi connectivity index (χ3v) is 4.30. The van der Waals surface area contributed by atoms with Gasteiger partial charge in [-0.3, -0.25) is 0 Å². The van der Waals surface area contributed by atoms with Gasteiger partial charge in [-0.25, -0.2) is 4.98 Å². The van der Waals surface area contributed by atoms with Crippen molar-refractivity contribution in [2.24, 2.45) is 5.41 Å². The molecule has 1 atom stereocenters. The molecular formula is C18H30N4O. The van der Waals surface area contributed by atoms with E-state index in [0.29, 0.717) is 18.5 Å². The van der Waals surface area contributed by atoms with Gasteiger partial charge in [0.05, 0.1) is 23.2 Å². The first kappa shape index (κ1) is 17.8. The number of aromatic nitrogens is 2. The van der Waals surface area contributed by atoms with Crippen LogP contribution < -0.4 is 11.1 Å². The van der Waals surface area contributed by atoms with Gasteiger partial charge in [0.2, 0.25) is 5.95 Å². The molecule has 0 aliphatic carbocycles. The minimum Gasteiger partial charge on any atom is -0.389 e. The van der Waals surface area contributed by atoms with E-state index in [4.69, 9.17) is 5.73 Å². The molecule has 4 N–H and O–H groups in total. The van der Waals surface area contributed by atoms with Crippen molar-refractivity contribution in [1.82, 2.24) is 14.9 Å². The second-order valence-electron chi connectivity index (χ2n) is 8.16. The Bertz CT molecular complexity index is 677. The maximum atomic E-state index is 10.0. The molecule has 0 fully saturated rings. The molecule has 0 amide bonds. The smallest absolute Gasteiger partial charge is 0.201 e. The summed E-state index contributed by atoms with van der Waals surface area (Å²) in [5.74, 6) is 0.440. The Balaban J connectivity index is 2.21. The fraction of sp³-hybridized carbons (Fsp3) is 0.611. The third kappa shape index (κ3) is 4.45. The highest BCUT2D eigenvalue weighted by molar-refractivity contribution is 5.79. The summed E-state index contributed by atoms with van der Waals surface area (Å²) >= 11 is 0. The van der Waals surface area contributed by atoms with Crippen LogP contribution in [0.5, 0.6) is 0 Å². The molecule has 2 aromatic rings. The van der Waals surface area contributed by atoms with Crippen LogP contribution >= 0.6 is 0 Å². The number of benzene rings is 1. The van der Waals surface area contributed by atoms with Gasteiger partial charge in [0.1, 0.15) is 0 Å². The molecule has 0 saturated heterocycles. The van der Waals surface area contributed by atoms with Gasteiger partial charge in [0.25, 0.3) is 0 Å². The quantitative estimate of drug-likeness (QED) is 0.792.